The molecule has 1 aromatic rings. The first kappa shape index (κ1) is 11.7. The third-order valence-electron chi connectivity index (χ3n) is 3.92. The summed E-state index contributed by atoms with van der Waals surface area (Å²) < 4.78 is 0. The molecular weight excluding hydrogens is 224 g/mol. The molecule has 1 amide bonds. The van der Waals surface area contributed by atoms with E-state index in [1.165, 1.54) is 24.0 Å². The Morgan fingerprint density at radius 3 is 3.11 bits per heavy atom. The Bertz CT molecular complexity index is 452. The van der Waals surface area contributed by atoms with Gasteiger partial charge in [0.25, 0.3) is 5.91 Å². The van der Waals surface area contributed by atoms with Crippen LogP contribution in [-0.4, -0.2) is 19.0 Å². The van der Waals surface area contributed by atoms with Gasteiger partial charge in [0.15, 0.2) is 0 Å². The Morgan fingerprint density at radius 1 is 1.39 bits per heavy atom. The lowest BCUT2D eigenvalue weighted by atomic mass is 9.95. The van der Waals surface area contributed by atoms with Crippen molar-refractivity contribution in [1.82, 2.24) is 10.6 Å². The van der Waals surface area contributed by atoms with Gasteiger partial charge in [0.05, 0.1) is 0 Å². The summed E-state index contributed by atoms with van der Waals surface area (Å²) in [6.07, 6.45) is 4.80. The minimum atomic E-state index is 0.106. The SMILES string of the molecule is O=C(NCCC1CC1)c1cccc2c1CCNC2. The zero-order chi connectivity index (χ0) is 12.4. The molecule has 2 aliphatic rings. The van der Waals surface area contributed by atoms with Crippen LogP contribution in [0.1, 0.15) is 40.7 Å². The normalized spacial score (nSPS) is 18.2. The minimum absolute atomic E-state index is 0.106. The van der Waals surface area contributed by atoms with Crippen molar-refractivity contribution >= 4 is 5.91 Å². The number of hydrogen-bond acceptors (Lipinski definition) is 2. The molecule has 0 atom stereocenters. The van der Waals surface area contributed by atoms with E-state index in [4.69, 9.17) is 0 Å². The van der Waals surface area contributed by atoms with E-state index in [-0.39, 0.29) is 5.91 Å². The van der Waals surface area contributed by atoms with Crippen LogP contribution >= 0.6 is 0 Å². The van der Waals surface area contributed by atoms with Crippen LogP contribution in [0.4, 0.5) is 0 Å². The Labute approximate surface area is 108 Å². The zero-order valence-electron chi connectivity index (χ0n) is 10.7. The number of carbonyl (C=O) groups excluding carboxylic acids is 1. The molecule has 1 saturated carbocycles. The van der Waals surface area contributed by atoms with E-state index in [0.717, 1.165) is 44.0 Å². The predicted octanol–water partition coefficient (Wildman–Crippen LogP) is 1.86. The van der Waals surface area contributed by atoms with E-state index in [9.17, 15) is 4.79 Å². The Balaban J connectivity index is 1.68. The number of fused-ring (bicyclic) bond motifs is 1. The molecule has 1 aromatic carbocycles. The van der Waals surface area contributed by atoms with Crippen LogP contribution in [0, 0.1) is 5.92 Å². The van der Waals surface area contributed by atoms with Crippen molar-refractivity contribution in [2.75, 3.05) is 13.1 Å². The topological polar surface area (TPSA) is 41.1 Å². The van der Waals surface area contributed by atoms with Gasteiger partial charge in [-0.2, -0.15) is 0 Å². The molecule has 2 N–H and O–H groups in total. The fraction of sp³-hybridized carbons (Fsp3) is 0.533. The molecule has 0 saturated heterocycles. The molecule has 1 heterocycles. The molecule has 0 unspecified atom stereocenters. The van der Waals surface area contributed by atoms with Crippen LogP contribution in [0.2, 0.25) is 0 Å². The van der Waals surface area contributed by atoms with Crippen molar-refractivity contribution in [3.8, 4) is 0 Å². The van der Waals surface area contributed by atoms with Crippen molar-refractivity contribution < 1.29 is 4.79 Å². The summed E-state index contributed by atoms with van der Waals surface area (Å²) in [4.78, 5) is 12.2. The highest BCUT2D eigenvalue weighted by molar-refractivity contribution is 5.96. The molecule has 0 spiro atoms. The van der Waals surface area contributed by atoms with Gasteiger partial charge in [-0.1, -0.05) is 25.0 Å². The average Bonchev–Trinajstić information content (AvgIpc) is 3.22. The van der Waals surface area contributed by atoms with Crippen LogP contribution in [0.5, 0.6) is 0 Å². The van der Waals surface area contributed by atoms with E-state index >= 15 is 0 Å². The molecule has 0 radical (unpaired) electrons. The maximum Gasteiger partial charge on any atom is 0.251 e. The summed E-state index contributed by atoms with van der Waals surface area (Å²) >= 11 is 0. The lowest BCUT2D eigenvalue weighted by Crippen LogP contribution is -2.30. The van der Waals surface area contributed by atoms with Gasteiger partial charge in [0.2, 0.25) is 0 Å². The van der Waals surface area contributed by atoms with Crippen molar-refractivity contribution in [3.63, 3.8) is 0 Å². The van der Waals surface area contributed by atoms with Crippen LogP contribution < -0.4 is 10.6 Å². The molecule has 18 heavy (non-hydrogen) atoms. The van der Waals surface area contributed by atoms with Crippen LogP contribution in [0.15, 0.2) is 18.2 Å². The standard InChI is InChI=1S/C15H20N2O/c18-15(17-9-6-11-4-5-11)14-3-1-2-12-10-16-8-7-13(12)14/h1-3,11,16H,4-10H2,(H,17,18). The smallest absolute Gasteiger partial charge is 0.251 e. The summed E-state index contributed by atoms with van der Waals surface area (Å²) in [5.41, 5.74) is 3.39. The molecule has 3 rings (SSSR count). The Hall–Kier alpha value is -1.35. The van der Waals surface area contributed by atoms with Gasteiger partial charge >= 0.3 is 0 Å². The predicted molar refractivity (Wildman–Crippen MR) is 71.5 cm³/mol. The minimum Gasteiger partial charge on any atom is -0.352 e. The van der Waals surface area contributed by atoms with E-state index in [2.05, 4.69) is 16.7 Å². The molecule has 0 bridgehead atoms. The van der Waals surface area contributed by atoms with Gasteiger partial charge in [0, 0.05) is 18.7 Å². The average molecular weight is 244 g/mol. The summed E-state index contributed by atoms with van der Waals surface area (Å²) in [5, 5.41) is 6.40. The second kappa shape index (κ2) is 5.11. The fourth-order valence-corrected chi connectivity index (χ4v) is 2.64. The van der Waals surface area contributed by atoms with Crippen molar-refractivity contribution in [2.24, 2.45) is 5.92 Å². The summed E-state index contributed by atoms with van der Waals surface area (Å²) in [6, 6.07) is 6.06. The van der Waals surface area contributed by atoms with Crippen LogP contribution in [0.25, 0.3) is 0 Å². The molecule has 0 aromatic heterocycles. The number of amides is 1. The van der Waals surface area contributed by atoms with Gasteiger partial charge in [-0.05, 0) is 42.5 Å². The van der Waals surface area contributed by atoms with E-state index in [1.54, 1.807) is 0 Å². The first-order valence-corrected chi connectivity index (χ1v) is 6.94. The van der Waals surface area contributed by atoms with Crippen molar-refractivity contribution in [2.45, 2.75) is 32.2 Å². The van der Waals surface area contributed by atoms with Crippen LogP contribution in [0.3, 0.4) is 0 Å². The summed E-state index contributed by atoms with van der Waals surface area (Å²) in [6.45, 7) is 2.68. The first-order valence-electron chi connectivity index (χ1n) is 6.94. The third kappa shape index (κ3) is 2.56. The van der Waals surface area contributed by atoms with E-state index in [1.807, 2.05) is 12.1 Å². The van der Waals surface area contributed by atoms with Crippen molar-refractivity contribution in [1.29, 1.82) is 0 Å². The number of hydrogen-bond donors (Lipinski definition) is 2. The molecule has 1 aliphatic carbocycles. The maximum atomic E-state index is 12.2. The monoisotopic (exact) mass is 244 g/mol. The highest BCUT2D eigenvalue weighted by Gasteiger charge is 2.21. The third-order valence-corrected chi connectivity index (χ3v) is 3.92. The lowest BCUT2D eigenvalue weighted by molar-refractivity contribution is 0.0951. The highest BCUT2D eigenvalue weighted by atomic mass is 16.1. The van der Waals surface area contributed by atoms with Gasteiger partial charge in [-0.3, -0.25) is 4.79 Å². The highest BCUT2D eigenvalue weighted by Crippen LogP contribution is 2.31. The van der Waals surface area contributed by atoms with Gasteiger partial charge in [-0.15, -0.1) is 0 Å². The second-order valence-corrected chi connectivity index (χ2v) is 5.36. The fourth-order valence-electron chi connectivity index (χ4n) is 2.64. The Morgan fingerprint density at radius 2 is 2.28 bits per heavy atom. The van der Waals surface area contributed by atoms with E-state index < -0.39 is 0 Å². The molecule has 3 heteroatoms. The molecular formula is C15H20N2O. The first-order chi connectivity index (χ1) is 8.84. The largest absolute Gasteiger partial charge is 0.352 e. The second-order valence-electron chi connectivity index (χ2n) is 5.36. The number of benzene rings is 1. The summed E-state index contributed by atoms with van der Waals surface area (Å²) in [7, 11) is 0. The number of rotatable bonds is 4. The lowest BCUT2D eigenvalue weighted by Gasteiger charge is -2.19. The van der Waals surface area contributed by atoms with Gasteiger partial charge in [0.1, 0.15) is 0 Å². The maximum absolute atomic E-state index is 12.2. The number of nitrogens with one attached hydrogen (secondary N) is 2. The van der Waals surface area contributed by atoms with Crippen molar-refractivity contribution in [3.05, 3.63) is 34.9 Å². The van der Waals surface area contributed by atoms with Gasteiger partial charge in [-0.25, -0.2) is 0 Å². The molecule has 3 nitrogen and oxygen atoms in total. The van der Waals surface area contributed by atoms with Crippen LogP contribution in [-0.2, 0) is 13.0 Å². The zero-order valence-corrected chi connectivity index (χ0v) is 10.7. The van der Waals surface area contributed by atoms with E-state index in [0.29, 0.717) is 0 Å². The van der Waals surface area contributed by atoms with Gasteiger partial charge < -0.3 is 10.6 Å². The number of carbonyl (C=O) groups is 1. The summed E-state index contributed by atoms with van der Waals surface area (Å²) in [5.74, 6) is 0.980. The Kier molecular flexibility index (Phi) is 3.33. The quantitative estimate of drug-likeness (QED) is 0.849. The molecule has 96 valence electrons. The molecule has 1 fully saturated rings. The molecule has 1 aliphatic heterocycles.